The van der Waals surface area contributed by atoms with Crippen LogP contribution in [0.2, 0.25) is 0 Å². The maximum absolute atomic E-state index is 13.7. The van der Waals surface area contributed by atoms with Gasteiger partial charge in [-0.2, -0.15) is 5.10 Å². The molecule has 0 heterocycles. The normalized spacial score (nSPS) is 11.0. The average molecular weight is 374 g/mol. The summed E-state index contributed by atoms with van der Waals surface area (Å²) in [6.07, 6.45) is 0.502. The van der Waals surface area contributed by atoms with Crippen molar-refractivity contribution in [3.8, 4) is 0 Å². The first-order chi connectivity index (χ1) is 13.0. The molecule has 0 aromatic heterocycles. The summed E-state index contributed by atoms with van der Waals surface area (Å²) in [4.78, 5) is 0. The van der Waals surface area contributed by atoms with Crippen LogP contribution in [0.5, 0.6) is 0 Å². The Kier molecular flexibility index (Phi) is 5.40. The monoisotopic (exact) mass is 374 g/mol. The summed E-state index contributed by atoms with van der Waals surface area (Å²) in [6, 6.07) is 17.7. The van der Waals surface area contributed by atoms with E-state index in [2.05, 4.69) is 10.2 Å². The van der Waals surface area contributed by atoms with Gasteiger partial charge >= 0.3 is 0 Å². The first kappa shape index (κ1) is 18.4. The van der Waals surface area contributed by atoms with Gasteiger partial charge in [0.05, 0.1) is 11.8 Å². The highest BCUT2D eigenvalue weighted by atomic mass is 19.2. The number of nitrogens with zero attached hydrogens (tertiary/aromatic N) is 2. The van der Waals surface area contributed by atoms with Crippen molar-refractivity contribution in [2.75, 3.05) is 0 Å². The van der Waals surface area contributed by atoms with Gasteiger partial charge in [-0.25, -0.2) is 22.0 Å². The van der Waals surface area contributed by atoms with Crippen molar-refractivity contribution in [2.45, 2.75) is 0 Å². The lowest BCUT2D eigenvalue weighted by molar-refractivity contribution is 0.377. The van der Waals surface area contributed by atoms with Crippen LogP contribution in [0.3, 0.4) is 0 Å². The van der Waals surface area contributed by atoms with Crippen LogP contribution in [0.25, 0.3) is 0 Å². The van der Waals surface area contributed by atoms with Crippen molar-refractivity contribution >= 4 is 11.9 Å². The van der Waals surface area contributed by atoms with Gasteiger partial charge in [-0.05, 0) is 0 Å². The summed E-state index contributed by atoms with van der Waals surface area (Å²) >= 11 is 0. The smallest absolute Gasteiger partial charge is 0.200 e. The third-order valence-corrected chi connectivity index (χ3v) is 3.68. The summed E-state index contributed by atoms with van der Waals surface area (Å²) in [5.74, 6) is -10.2. The zero-order valence-electron chi connectivity index (χ0n) is 13.6. The zero-order valence-corrected chi connectivity index (χ0v) is 13.6. The lowest BCUT2D eigenvalue weighted by Gasteiger charge is -2.05. The second-order valence-electron chi connectivity index (χ2n) is 5.41. The molecule has 0 aliphatic carbocycles. The van der Waals surface area contributed by atoms with E-state index in [1.165, 1.54) is 0 Å². The van der Waals surface area contributed by atoms with Crippen molar-refractivity contribution in [3.63, 3.8) is 0 Å². The van der Waals surface area contributed by atoms with E-state index in [9.17, 15) is 22.0 Å². The second-order valence-corrected chi connectivity index (χ2v) is 5.41. The fourth-order valence-corrected chi connectivity index (χ4v) is 2.35. The Hall–Kier alpha value is -3.35. The number of rotatable bonds is 4. The van der Waals surface area contributed by atoms with Crippen LogP contribution in [0.4, 0.5) is 22.0 Å². The Bertz CT molecular complexity index is 945. The van der Waals surface area contributed by atoms with Crippen LogP contribution >= 0.6 is 0 Å². The van der Waals surface area contributed by atoms with E-state index < -0.39 is 34.6 Å². The highest BCUT2D eigenvalue weighted by molar-refractivity contribution is 6.12. The minimum absolute atomic E-state index is 0.372. The van der Waals surface area contributed by atoms with Crippen molar-refractivity contribution in [3.05, 3.63) is 106 Å². The predicted octanol–water partition coefficient (Wildman–Crippen LogP) is 5.25. The first-order valence-corrected chi connectivity index (χ1v) is 7.74. The van der Waals surface area contributed by atoms with E-state index in [-0.39, 0.29) is 0 Å². The van der Waals surface area contributed by atoms with Crippen LogP contribution in [0.1, 0.15) is 16.7 Å². The van der Waals surface area contributed by atoms with Crippen molar-refractivity contribution in [1.29, 1.82) is 0 Å². The largest absolute Gasteiger partial charge is 0.203 e. The minimum atomic E-state index is -2.22. The van der Waals surface area contributed by atoms with E-state index in [1.807, 2.05) is 0 Å². The van der Waals surface area contributed by atoms with Crippen molar-refractivity contribution < 1.29 is 22.0 Å². The Morgan fingerprint density at radius 1 is 0.593 bits per heavy atom. The summed E-state index contributed by atoms with van der Waals surface area (Å²) in [6.45, 7) is 0. The van der Waals surface area contributed by atoms with E-state index in [0.29, 0.717) is 23.1 Å². The summed E-state index contributed by atoms with van der Waals surface area (Å²) in [7, 11) is 0. The maximum atomic E-state index is 13.7. The van der Waals surface area contributed by atoms with Crippen molar-refractivity contribution in [1.82, 2.24) is 0 Å². The minimum Gasteiger partial charge on any atom is -0.203 e. The summed E-state index contributed by atoms with van der Waals surface area (Å²) < 4.78 is 67.0. The molecule has 2 nitrogen and oxygen atoms in total. The van der Waals surface area contributed by atoms with Gasteiger partial charge in [0.1, 0.15) is 5.71 Å². The molecule has 3 aromatic carbocycles. The molecule has 0 N–H and O–H groups in total. The molecule has 0 radical (unpaired) electrons. The summed E-state index contributed by atoms with van der Waals surface area (Å²) in [5.41, 5.74) is 0.545. The fourth-order valence-electron chi connectivity index (χ4n) is 2.35. The highest BCUT2D eigenvalue weighted by Gasteiger charge is 2.24. The van der Waals surface area contributed by atoms with Gasteiger partial charge in [-0.15, -0.1) is 5.10 Å². The van der Waals surface area contributed by atoms with Crippen LogP contribution in [0, 0.1) is 29.1 Å². The number of benzene rings is 3. The van der Waals surface area contributed by atoms with Gasteiger partial charge in [0.25, 0.3) is 0 Å². The van der Waals surface area contributed by atoms with E-state index >= 15 is 0 Å². The Morgan fingerprint density at radius 2 is 1.00 bits per heavy atom. The molecule has 0 aliphatic rings. The highest BCUT2D eigenvalue weighted by Crippen LogP contribution is 2.21. The zero-order chi connectivity index (χ0) is 19.4. The second kappa shape index (κ2) is 7.90. The van der Waals surface area contributed by atoms with E-state index in [1.54, 1.807) is 60.7 Å². The quantitative estimate of drug-likeness (QED) is 0.196. The SMILES string of the molecule is Fc1c(F)c(F)c(/C=N\N=C(c2ccccc2)c2ccccc2)c(F)c1F. The lowest BCUT2D eigenvalue weighted by Crippen LogP contribution is -2.07. The van der Waals surface area contributed by atoms with Gasteiger partial charge in [0, 0.05) is 11.1 Å². The van der Waals surface area contributed by atoms with E-state index in [4.69, 9.17) is 0 Å². The Balaban J connectivity index is 2.06. The van der Waals surface area contributed by atoms with Crippen molar-refractivity contribution in [2.24, 2.45) is 10.2 Å². The number of halogens is 5. The standard InChI is InChI=1S/C20H11F5N2/c21-15-14(16(22)18(24)19(25)17(15)23)11-26-27-20(12-7-3-1-4-8-12)13-9-5-2-6-10-13/h1-11H/b26-11-. The van der Waals surface area contributed by atoms with Crippen LogP contribution in [-0.2, 0) is 0 Å². The van der Waals surface area contributed by atoms with Gasteiger partial charge in [-0.1, -0.05) is 60.7 Å². The lowest BCUT2D eigenvalue weighted by atomic mass is 10.0. The molecule has 3 aromatic rings. The molecule has 0 unspecified atom stereocenters. The van der Waals surface area contributed by atoms with Crippen LogP contribution < -0.4 is 0 Å². The molecule has 3 rings (SSSR count). The molecule has 0 fully saturated rings. The number of hydrogen-bond donors (Lipinski definition) is 0. The molecule has 0 saturated carbocycles. The van der Waals surface area contributed by atoms with Crippen LogP contribution in [0.15, 0.2) is 70.9 Å². The predicted molar refractivity (Wildman–Crippen MR) is 92.3 cm³/mol. The fraction of sp³-hybridized carbons (Fsp3) is 0. The molecule has 0 bridgehead atoms. The van der Waals surface area contributed by atoms with Gasteiger partial charge in [0.15, 0.2) is 23.3 Å². The first-order valence-electron chi connectivity index (χ1n) is 7.74. The average Bonchev–Trinajstić information content (AvgIpc) is 2.71. The third kappa shape index (κ3) is 3.76. The third-order valence-electron chi connectivity index (χ3n) is 3.68. The molecule has 27 heavy (non-hydrogen) atoms. The Morgan fingerprint density at radius 3 is 1.44 bits per heavy atom. The molecular formula is C20H11F5N2. The molecular weight excluding hydrogens is 363 g/mol. The molecule has 0 spiro atoms. The number of hydrogen-bond acceptors (Lipinski definition) is 2. The topological polar surface area (TPSA) is 24.7 Å². The molecule has 0 amide bonds. The Labute approximate surface area is 151 Å². The molecule has 7 heteroatoms. The van der Waals surface area contributed by atoms with Gasteiger partial charge in [-0.3, -0.25) is 0 Å². The van der Waals surface area contributed by atoms with E-state index in [0.717, 1.165) is 0 Å². The molecule has 0 aliphatic heterocycles. The van der Waals surface area contributed by atoms with Gasteiger partial charge in [0.2, 0.25) is 5.82 Å². The summed E-state index contributed by atoms with van der Waals surface area (Å²) in [5, 5.41) is 7.49. The molecule has 0 atom stereocenters. The molecule has 136 valence electrons. The van der Waals surface area contributed by atoms with Crippen LogP contribution in [-0.4, -0.2) is 11.9 Å². The van der Waals surface area contributed by atoms with Gasteiger partial charge < -0.3 is 0 Å². The maximum Gasteiger partial charge on any atom is 0.200 e. The molecule has 0 saturated heterocycles.